The highest BCUT2D eigenvalue weighted by Crippen LogP contribution is 2.21. The zero-order valence-corrected chi connectivity index (χ0v) is 17.1. The molecule has 3 aromatic rings. The second kappa shape index (κ2) is 9.41. The van der Waals surface area contributed by atoms with Gasteiger partial charge in [0.1, 0.15) is 0 Å². The number of anilines is 1. The van der Waals surface area contributed by atoms with Crippen molar-refractivity contribution in [2.75, 3.05) is 11.9 Å². The molecular formula is C21H21ClN4O4. The number of aryl methyl sites for hydroxylation is 1. The molecule has 1 heterocycles. The van der Waals surface area contributed by atoms with Crippen molar-refractivity contribution < 1.29 is 9.59 Å². The van der Waals surface area contributed by atoms with Gasteiger partial charge in [0, 0.05) is 18.7 Å². The van der Waals surface area contributed by atoms with Crippen LogP contribution in [0.25, 0.3) is 10.8 Å². The maximum absolute atomic E-state index is 12.5. The van der Waals surface area contributed by atoms with Gasteiger partial charge in [0.15, 0.2) is 0 Å². The van der Waals surface area contributed by atoms with E-state index in [0.29, 0.717) is 28.6 Å². The maximum Gasteiger partial charge on any atom is 0.273 e. The predicted molar refractivity (Wildman–Crippen MR) is 116 cm³/mol. The average Bonchev–Trinajstić information content (AvgIpc) is 2.73. The first-order chi connectivity index (χ1) is 14.4. The molecule has 3 N–H and O–H groups in total. The number of halogens is 1. The van der Waals surface area contributed by atoms with Crippen LogP contribution in [0.3, 0.4) is 0 Å². The molecule has 0 aliphatic carbocycles. The van der Waals surface area contributed by atoms with Crippen molar-refractivity contribution >= 4 is 39.9 Å². The molecule has 0 saturated carbocycles. The van der Waals surface area contributed by atoms with E-state index in [1.54, 1.807) is 30.3 Å². The molecule has 0 saturated heterocycles. The van der Waals surface area contributed by atoms with Crippen molar-refractivity contribution in [3.05, 3.63) is 73.8 Å². The van der Waals surface area contributed by atoms with E-state index in [4.69, 9.17) is 11.6 Å². The number of aromatic amines is 1. The van der Waals surface area contributed by atoms with Gasteiger partial charge in [0.2, 0.25) is 5.91 Å². The molecule has 0 aliphatic rings. The van der Waals surface area contributed by atoms with E-state index in [1.807, 2.05) is 6.92 Å². The van der Waals surface area contributed by atoms with E-state index in [-0.39, 0.29) is 35.4 Å². The first-order valence-corrected chi connectivity index (χ1v) is 9.88. The molecule has 0 aliphatic heterocycles. The van der Waals surface area contributed by atoms with Crippen LogP contribution in [-0.4, -0.2) is 28.1 Å². The zero-order valence-electron chi connectivity index (χ0n) is 16.3. The van der Waals surface area contributed by atoms with Crippen LogP contribution in [0.2, 0.25) is 5.02 Å². The Hall–Kier alpha value is -3.39. The second-order valence-corrected chi connectivity index (χ2v) is 7.10. The number of carbonyl (C=O) groups is 2. The lowest BCUT2D eigenvalue weighted by atomic mass is 10.2. The van der Waals surface area contributed by atoms with Gasteiger partial charge in [-0.1, -0.05) is 30.7 Å². The summed E-state index contributed by atoms with van der Waals surface area (Å²) in [4.78, 5) is 48.9. The van der Waals surface area contributed by atoms with Crippen molar-refractivity contribution in [1.82, 2.24) is 15.1 Å². The molecule has 0 atom stereocenters. The molecule has 0 fully saturated rings. The first-order valence-electron chi connectivity index (χ1n) is 9.50. The quantitative estimate of drug-likeness (QED) is 0.536. The highest BCUT2D eigenvalue weighted by molar-refractivity contribution is 6.34. The van der Waals surface area contributed by atoms with Crippen molar-refractivity contribution in [3.63, 3.8) is 0 Å². The molecule has 0 bridgehead atoms. The Bertz CT molecular complexity index is 1220. The number of carbonyl (C=O) groups excluding carboxylic acids is 2. The number of hydrogen-bond donors (Lipinski definition) is 3. The van der Waals surface area contributed by atoms with Crippen LogP contribution >= 0.6 is 11.6 Å². The predicted octanol–water partition coefficient (Wildman–Crippen LogP) is 2.51. The SMILES string of the molecule is CCCNC(=O)c1ccc(NC(=O)CCn2[nH]c(=O)c3ccccc3c2=O)cc1Cl. The highest BCUT2D eigenvalue weighted by atomic mass is 35.5. The van der Waals surface area contributed by atoms with Gasteiger partial charge < -0.3 is 10.6 Å². The van der Waals surface area contributed by atoms with Crippen LogP contribution in [0.4, 0.5) is 5.69 Å². The van der Waals surface area contributed by atoms with Gasteiger partial charge in [0.25, 0.3) is 17.0 Å². The number of nitrogens with zero attached hydrogens (tertiary/aromatic N) is 1. The fraction of sp³-hybridized carbons (Fsp3) is 0.238. The largest absolute Gasteiger partial charge is 0.352 e. The van der Waals surface area contributed by atoms with Crippen LogP contribution in [-0.2, 0) is 11.3 Å². The van der Waals surface area contributed by atoms with Gasteiger partial charge in [-0.25, -0.2) is 4.68 Å². The Kier molecular flexibility index (Phi) is 6.68. The van der Waals surface area contributed by atoms with Gasteiger partial charge >= 0.3 is 0 Å². The summed E-state index contributed by atoms with van der Waals surface area (Å²) in [6.07, 6.45) is 0.771. The Morgan fingerprint density at radius 1 is 1.10 bits per heavy atom. The topological polar surface area (TPSA) is 113 Å². The Morgan fingerprint density at radius 3 is 2.53 bits per heavy atom. The van der Waals surface area contributed by atoms with Crippen molar-refractivity contribution in [2.45, 2.75) is 26.3 Å². The number of aromatic nitrogens is 2. The number of hydrogen-bond acceptors (Lipinski definition) is 4. The molecule has 1 aromatic heterocycles. The first kappa shape index (κ1) is 21.3. The van der Waals surface area contributed by atoms with Crippen molar-refractivity contribution in [2.24, 2.45) is 0 Å². The summed E-state index contributed by atoms with van der Waals surface area (Å²) < 4.78 is 1.12. The van der Waals surface area contributed by atoms with Crippen molar-refractivity contribution in [3.8, 4) is 0 Å². The molecule has 3 rings (SSSR count). The Balaban J connectivity index is 1.67. The lowest BCUT2D eigenvalue weighted by Crippen LogP contribution is -2.31. The van der Waals surface area contributed by atoms with Crippen LogP contribution < -0.4 is 21.8 Å². The number of amides is 2. The standard InChI is InChI=1S/C21H21ClN4O4/c1-2-10-23-19(28)16-8-7-13(12-17(16)22)24-18(27)9-11-26-21(30)15-6-4-3-5-14(15)20(29)25-26/h3-8,12H,2,9-11H2,1H3,(H,23,28)(H,24,27)(H,25,29). The highest BCUT2D eigenvalue weighted by Gasteiger charge is 2.12. The minimum atomic E-state index is -0.394. The van der Waals surface area contributed by atoms with Crippen LogP contribution in [0.5, 0.6) is 0 Å². The van der Waals surface area contributed by atoms with Gasteiger partial charge in [0.05, 0.1) is 27.9 Å². The number of rotatable bonds is 7. The minimum absolute atomic E-state index is 0.00990. The summed E-state index contributed by atoms with van der Waals surface area (Å²) >= 11 is 6.16. The molecule has 30 heavy (non-hydrogen) atoms. The Labute approximate surface area is 176 Å². The van der Waals surface area contributed by atoms with Crippen molar-refractivity contribution in [1.29, 1.82) is 0 Å². The molecule has 2 aromatic carbocycles. The van der Waals surface area contributed by atoms with Crippen LogP contribution in [0.15, 0.2) is 52.1 Å². The summed E-state index contributed by atoms with van der Waals surface area (Å²) in [5, 5.41) is 8.72. The molecule has 2 amide bonds. The average molecular weight is 429 g/mol. The van der Waals surface area contributed by atoms with E-state index < -0.39 is 5.56 Å². The minimum Gasteiger partial charge on any atom is -0.352 e. The molecule has 0 spiro atoms. The number of fused-ring (bicyclic) bond motifs is 1. The fourth-order valence-electron chi connectivity index (χ4n) is 2.95. The summed E-state index contributed by atoms with van der Waals surface area (Å²) in [6.45, 7) is 2.50. The summed E-state index contributed by atoms with van der Waals surface area (Å²) in [5.74, 6) is -0.644. The molecule has 0 radical (unpaired) electrons. The Morgan fingerprint density at radius 2 is 1.83 bits per heavy atom. The fourth-order valence-corrected chi connectivity index (χ4v) is 3.22. The molecule has 8 nitrogen and oxygen atoms in total. The van der Waals surface area contributed by atoms with E-state index in [9.17, 15) is 19.2 Å². The zero-order chi connectivity index (χ0) is 21.7. The summed E-state index contributed by atoms with van der Waals surface area (Å²) in [6, 6.07) is 11.1. The van der Waals surface area contributed by atoms with E-state index >= 15 is 0 Å². The molecule has 156 valence electrons. The molecule has 0 unspecified atom stereocenters. The van der Waals surface area contributed by atoms with E-state index in [2.05, 4.69) is 15.7 Å². The maximum atomic E-state index is 12.5. The lowest BCUT2D eigenvalue weighted by molar-refractivity contribution is -0.116. The van der Waals surface area contributed by atoms with E-state index in [1.165, 1.54) is 12.1 Å². The van der Waals surface area contributed by atoms with Gasteiger partial charge in [-0.05, 0) is 36.8 Å². The monoisotopic (exact) mass is 428 g/mol. The normalized spacial score (nSPS) is 10.7. The van der Waals surface area contributed by atoms with Crippen LogP contribution in [0.1, 0.15) is 30.1 Å². The molecule has 9 heteroatoms. The number of nitrogens with one attached hydrogen (secondary N) is 3. The number of benzene rings is 2. The lowest BCUT2D eigenvalue weighted by Gasteiger charge is -2.10. The van der Waals surface area contributed by atoms with Gasteiger partial charge in [-0.2, -0.15) is 0 Å². The molecular weight excluding hydrogens is 408 g/mol. The van der Waals surface area contributed by atoms with Crippen LogP contribution in [0, 0.1) is 0 Å². The smallest absolute Gasteiger partial charge is 0.273 e. The van der Waals surface area contributed by atoms with Gasteiger partial charge in [-0.3, -0.25) is 24.3 Å². The summed E-state index contributed by atoms with van der Waals surface area (Å²) in [7, 11) is 0. The summed E-state index contributed by atoms with van der Waals surface area (Å²) in [5.41, 5.74) is -0.0161. The second-order valence-electron chi connectivity index (χ2n) is 6.69. The number of H-pyrrole nitrogens is 1. The third-order valence-corrected chi connectivity index (χ3v) is 4.79. The van der Waals surface area contributed by atoms with Gasteiger partial charge in [-0.15, -0.1) is 0 Å². The third-order valence-electron chi connectivity index (χ3n) is 4.48. The van der Waals surface area contributed by atoms with E-state index in [0.717, 1.165) is 11.1 Å². The third kappa shape index (κ3) is 4.77.